The van der Waals surface area contributed by atoms with Crippen molar-refractivity contribution in [1.29, 1.82) is 0 Å². The smallest absolute Gasteiger partial charge is 0.0420 e. The second kappa shape index (κ2) is 11.4. The zero-order valence-corrected chi connectivity index (χ0v) is 29.4. The van der Waals surface area contributed by atoms with Crippen LogP contribution in [0.1, 0.15) is 126 Å². The quantitative estimate of drug-likeness (QED) is 0.106. The minimum atomic E-state index is 0.498. The summed E-state index contributed by atoms with van der Waals surface area (Å²) >= 11 is 8.45. The summed E-state index contributed by atoms with van der Waals surface area (Å²) in [5, 5.41) is 8.49. The lowest BCUT2D eigenvalue weighted by molar-refractivity contribution is 0.596. The second-order valence-corrected chi connectivity index (χ2v) is 18.0. The van der Waals surface area contributed by atoms with Gasteiger partial charge in [0.15, 0.2) is 0 Å². The van der Waals surface area contributed by atoms with Crippen LogP contribution in [0.25, 0.3) is 56.0 Å². The van der Waals surface area contributed by atoms with Crippen molar-refractivity contribution < 1.29 is 0 Å². The normalized spacial score (nSPS) is 18.4. The maximum absolute atomic E-state index is 2.50. The van der Waals surface area contributed by atoms with Gasteiger partial charge in [0.25, 0.3) is 0 Å². The van der Waals surface area contributed by atoms with Crippen molar-refractivity contribution in [3.05, 3.63) is 58.0 Å². The molecule has 3 aromatic carbocycles. The van der Waals surface area contributed by atoms with E-state index in [0.29, 0.717) is 11.2 Å². The third-order valence-corrected chi connectivity index (χ3v) is 15.7. The van der Waals surface area contributed by atoms with Crippen LogP contribution in [-0.4, -0.2) is 5.25 Å². The molecule has 0 bridgehead atoms. The Balaban J connectivity index is 1.25. The summed E-state index contributed by atoms with van der Waals surface area (Å²) in [4.78, 5) is 3.25. The van der Waals surface area contributed by atoms with Crippen LogP contribution in [0.15, 0.2) is 46.9 Å². The van der Waals surface area contributed by atoms with Gasteiger partial charge in [-0.05, 0) is 78.8 Å². The Morgan fingerprint density at radius 1 is 0.500 bits per heavy atom. The van der Waals surface area contributed by atoms with Crippen LogP contribution in [0.5, 0.6) is 0 Å². The molecule has 9 rings (SSSR count). The molecule has 44 heavy (non-hydrogen) atoms. The topological polar surface area (TPSA) is 0 Å². The SMILES string of the molecule is CCCCCCCCC1=C(CCCCCCCC)C2Sc3ccc4sc5ccc6sc7ccc8sc1c1c8c7c6c5c4c3C12. The van der Waals surface area contributed by atoms with Gasteiger partial charge >= 0.3 is 0 Å². The Kier molecular flexibility index (Phi) is 7.38. The summed E-state index contributed by atoms with van der Waals surface area (Å²) in [6, 6.07) is 14.7. The van der Waals surface area contributed by atoms with Crippen molar-refractivity contribution in [3.8, 4) is 0 Å². The van der Waals surface area contributed by atoms with Crippen molar-refractivity contribution in [2.24, 2.45) is 0 Å². The van der Waals surface area contributed by atoms with Gasteiger partial charge < -0.3 is 0 Å². The first-order valence-corrected chi connectivity index (χ1v) is 20.8. The third kappa shape index (κ3) is 4.19. The molecule has 0 saturated heterocycles. The molecule has 0 N–H and O–H groups in total. The molecule has 2 unspecified atom stereocenters. The molecule has 4 heterocycles. The van der Waals surface area contributed by atoms with Crippen molar-refractivity contribution in [3.63, 3.8) is 0 Å². The van der Waals surface area contributed by atoms with E-state index < -0.39 is 0 Å². The first-order valence-electron chi connectivity index (χ1n) is 17.5. The fraction of sp³-hybridized carbons (Fsp3) is 0.450. The lowest BCUT2D eigenvalue weighted by Gasteiger charge is -2.33. The number of thiophene rings is 3. The molecule has 2 atom stereocenters. The maximum Gasteiger partial charge on any atom is 0.0420 e. The average Bonchev–Trinajstić information content (AvgIpc) is 3.78. The second-order valence-electron chi connectivity index (χ2n) is 13.6. The highest BCUT2D eigenvalue weighted by molar-refractivity contribution is 8.00. The van der Waals surface area contributed by atoms with Crippen LogP contribution in [0.3, 0.4) is 0 Å². The Hall–Kier alpha value is -1.85. The Morgan fingerprint density at radius 2 is 1.00 bits per heavy atom. The summed E-state index contributed by atoms with van der Waals surface area (Å²) < 4.78 is 7.47. The van der Waals surface area contributed by atoms with Crippen LogP contribution < -0.4 is 0 Å². The number of benzene rings is 3. The zero-order chi connectivity index (χ0) is 29.4. The van der Waals surface area contributed by atoms with E-state index in [4.69, 9.17) is 0 Å². The highest BCUT2D eigenvalue weighted by Crippen LogP contribution is 2.65. The summed E-state index contributed by atoms with van der Waals surface area (Å²) in [6.07, 6.45) is 19.1. The lowest BCUT2D eigenvalue weighted by atomic mass is 9.73. The fourth-order valence-electron chi connectivity index (χ4n) is 8.84. The number of thioether (sulfide) groups is 1. The molecular formula is C40H42S4. The molecule has 3 aromatic heterocycles. The summed E-state index contributed by atoms with van der Waals surface area (Å²) in [5.41, 5.74) is 7.01. The molecule has 0 radical (unpaired) electrons. The highest BCUT2D eigenvalue weighted by Gasteiger charge is 2.46. The van der Waals surface area contributed by atoms with Gasteiger partial charge in [-0.25, -0.2) is 0 Å². The van der Waals surface area contributed by atoms with E-state index in [1.165, 1.54) is 113 Å². The van der Waals surface area contributed by atoms with E-state index in [1.807, 2.05) is 28.2 Å². The van der Waals surface area contributed by atoms with Gasteiger partial charge in [0.05, 0.1) is 0 Å². The van der Waals surface area contributed by atoms with E-state index >= 15 is 0 Å². The van der Waals surface area contributed by atoms with E-state index in [2.05, 4.69) is 73.3 Å². The van der Waals surface area contributed by atoms with Crippen molar-refractivity contribution in [1.82, 2.24) is 0 Å². The number of unbranched alkanes of at least 4 members (excludes halogenated alkanes) is 10. The average molecular weight is 651 g/mol. The molecule has 3 aliphatic rings. The minimum Gasteiger partial charge on any atom is -0.135 e. The van der Waals surface area contributed by atoms with Gasteiger partial charge in [-0.1, -0.05) is 83.6 Å². The molecule has 0 nitrogen and oxygen atoms in total. The standard InChI is InChI=1S/C40H42S4/c1-3-5-7-9-11-13-15-23-24(16-14-12-10-8-6-4-2)40-38-36-30(44-40)22-20-28-34(36)32-26(42-28)18-17-25-31(32)33-27(41-25)19-21-29-35(33)37(38)39(23)43-29/h17-22,37,39H,3-16H2,1-2H3. The van der Waals surface area contributed by atoms with Crippen molar-refractivity contribution >= 4 is 102 Å². The molecule has 0 spiro atoms. The Labute approximate surface area is 277 Å². The summed E-state index contributed by atoms with van der Waals surface area (Å²) in [6.45, 7) is 4.66. The maximum atomic E-state index is 2.50. The van der Waals surface area contributed by atoms with Gasteiger partial charge in [-0.3, -0.25) is 0 Å². The molecular weight excluding hydrogens is 609 g/mol. The number of rotatable bonds is 14. The Bertz CT molecular complexity index is 2100. The fourth-order valence-corrected chi connectivity index (χ4v) is 14.0. The molecule has 0 amide bonds. The van der Waals surface area contributed by atoms with E-state index in [1.54, 1.807) is 53.4 Å². The van der Waals surface area contributed by atoms with Crippen LogP contribution in [0.4, 0.5) is 0 Å². The van der Waals surface area contributed by atoms with Gasteiger partial charge in [0, 0.05) is 71.4 Å². The largest absolute Gasteiger partial charge is 0.135 e. The zero-order valence-electron chi connectivity index (χ0n) is 26.2. The molecule has 4 heteroatoms. The number of hydrogen-bond donors (Lipinski definition) is 0. The number of hydrogen-bond acceptors (Lipinski definition) is 4. The van der Waals surface area contributed by atoms with Crippen molar-refractivity contribution in [2.45, 2.75) is 120 Å². The van der Waals surface area contributed by atoms with Crippen LogP contribution >= 0.6 is 45.8 Å². The molecule has 226 valence electrons. The third-order valence-electron chi connectivity index (χ3n) is 10.9. The predicted octanol–water partition coefficient (Wildman–Crippen LogP) is 14.8. The highest BCUT2D eigenvalue weighted by atomic mass is 32.2. The van der Waals surface area contributed by atoms with Gasteiger partial charge in [-0.2, -0.15) is 0 Å². The van der Waals surface area contributed by atoms with Crippen LogP contribution in [-0.2, 0) is 0 Å². The van der Waals surface area contributed by atoms with E-state index in [0.717, 1.165) is 0 Å². The molecule has 6 aromatic rings. The molecule has 0 saturated carbocycles. The summed E-state index contributed by atoms with van der Waals surface area (Å²) in [5.74, 6) is 0.498. The molecule has 0 fully saturated rings. The van der Waals surface area contributed by atoms with Gasteiger partial charge in [-0.15, -0.1) is 45.8 Å². The first-order chi connectivity index (χ1) is 21.8. The monoisotopic (exact) mass is 650 g/mol. The lowest BCUT2D eigenvalue weighted by Crippen LogP contribution is -2.22. The van der Waals surface area contributed by atoms with Crippen LogP contribution in [0, 0.1) is 0 Å². The minimum absolute atomic E-state index is 0.498. The van der Waals surface area contributed by atoms with Crippen LogP contribution in [0.2, 0.25) is 0 Å². The van der Waals surface area contributed by atoms with Gasteiger partial charge in [0.1, 0.15) is 0 Å². The molecule has 2 aliphatic carbocycles. The number of allylic oxidation sites excluding steroid dienone is 1. The van der Waals surface area contributed by atoms with Gasteiger partial charge in [0.2, 0.25) is 0 Å². The van der Waals surface area contributed by atoms with E-state index in [9.17, 15) is 0 Å². The van der Waals surface area contributed by atoms with Crippen molar-refractivity contribution in [2.75, 3.05) is 0 Å². The predicted molar refractivity (Wildman–Crippen MR) is 202 cm³/mol. The van der Waals surface area contributed by atoms with E-state index in [-0.39, 0.29) is 0 Å². The first kappa shape index (κ1) is 28.4. The Morgan fingerprint density at radius 3 is 1.66 bits per heavy atom. The summed E-state index contributed by atoms with van der Waals surface area (Å²) in [7, 11) is 0. The molecule has 1 aliphatic heterocycles.